The van der Waals surface area contributed by atoms with Crippen molar-refractivity contribution in [1.82, 2.24) is 15.5 Å². The van der Waals surface area contributed by atoms with Crippen molar-refractivity contribution in [3.8, 4) is 5.75 Å². The van der Waals surface area contributed by atoms with Crippen molar-refractivity contribution in [3.05, 3.63) is 29.8 Å². The molecule has 0 amide bonds. The maximum Gasteiger partial charge on any atom is 0.191 e. The second-order valence-electron chi connectivity index (χ2n) is 7.12. The number of rotatable bonds is 9. The van der Waals surface area contributed by atoms with Crippen molar-refractivity contribution in [2.45, 2.75) is 40.3 Å². The van der Waals surface area contributed by atoms with Crippen molar-refractivity contribution in [1.29, 1.82) is 0 Å². The molecule has 160 valence electrons. The minimum absolute atomic E-state index is 0. The van der Waals surface area contributed by atoms with E-state index in [-0.39, 0.29) is 24.0 Å². The van der Waals surface area contributed by atoms with Gasteiger partial charge in [-0.1, -0.05) is 26.0 Å². The van der Waals surface area contributed by atoms with Crippen molar-refractivity contribution in [2.75, 3.05) is 46.0 Å². The largest absolute Gasteiger partial charge is 0.494 e. The van der Waals surface area contributed by atoms with E-state index < -0.39 is 0 Å². The van der Waals surface area contributed by atoms with Crippen LogP contribution in [0.15, 0.2) is 29.3 Å². The van der Waals surface area contributed by atoms with Gasteiger partial charge in [0.05, 0.1) is 26.4 Å². The smallest absolute Gasteiger partial charge is 0.191 e. The topological polar surface area (TPSA) is 58.1 Å². The zero-order chi connectivity index (χ0) is 19.5. The van der Waals surface area contributed by atoms with Crippen LogP contribution in [-0.4, -0.2) is 62.9 Å². The van der Waals surface area contributed by atoms with E-state index in [1.54, 1.807) is 0 Å². The quantitative estimate of drug-likeness (QED) is 0.308. The fourth-order valence-electron chi connectivity index (χ4n) is 3.31. The highest BCUT2D eigenvalue weighted by atomic mass is 127. The van der Waals surface area contributed by atoms with E-state index in [0.29, 0.717) is 25.1 Å². The molecule has 0 aliphatic carbocycles. The number of halogens is 1. The first kappa shape index (κ1) is 25.0. The van der Waals surface area contributed by atoms with Gasteiger partial charge in [-0.15, -0.1) is 24.0 Å². The van der Waals surface area contributed by atoms with Crippen LogP contribution in [-0.2, 0) is 11.3 Å². The van der Waals surface area contributed by atoms with E-state index in [4.69, 9.17) is 14.5 Å². The van der Waals surface area contributed by atoms with Gasteiger partial charge in [0.1, 0.15) is 5.75 Å². The summed E-state index contributed by atoms with van der Waals surface area (Å²) < 4.78 is 11.1. The molecule has 0 radical (unpaired) electrons. The van der Waals surface area contributed by atoms with Crippen LogP contribution in [0, 0.1) is 5.92 Å². The number of guanidine groups is 1. The number of benzene rings is 1. The molecule has 0 spiro atoms. The molecule has 2 rings (SSSR count). The molecule has 1 heterocycles. The summed E-state index contributed by atoms with van der Waals surface area (Å²) in [6.45, 7) is 15.3. The third-order valence-corrected chi connectivity index (χ3v) is 4.74. The number of aliphatic imine (C=N–C) groups is 1. The second kappa shape index (κ2) is 14.0. The standard InChI is InChI=1S/C21H36N4O2.HI/c1-5-22-21(23-15-18-8-7-9-19(14-18)27-6-2)24-16-20(17(3)4)25-10-12-26-13-11-25;/h7-9,14,17,20H,5-6,10-13,15-16H2,1-4H3,(H2,22,23,24);1H. The van der Waals surface area contributed by atoms with Crippen LogP contribution in [0.1, 0.15) is 33.3 Å². The lowest BCUT2D eigenvalue weighted by Gasteiger charge is -2.37. The number of ether oxygens (including phenoxy) is 2. The third kappa shape index (κ3) is 8.53. The Balaban J connectivity index is 0.00000392. The zero-order valence-electron chi connectivity index (χ0n) is 17.7. The highest BCUT2D eigenvalue weighted by molar-refractivity contribution is 14.0. The molecule has 6 nitrogen and oxygen atoms in total. The monoisotopic (exact) mass is 504 g/mol. The number of nitrogens with one attached hydrogen (secondary N) is 2. The number of morpholine rings is 1. The Kier molecular flexibility index (Phi) is 12.5. The molecule has 1 fully saturated rings. The van der Waals surface area contributed by atoms with Crippen molar-refractivity contribution in [3.63, 3.8) is 0 Å². The molecule has 1 unspecified atom stereocenters. The van der Waals surface area contributed by atoms with Gasteiger partial charge >= 0.3 is 0 Å². The van der Waals surface area contributed by atoms with Crippen LogP contribution in [0.2, 0.25) is 0 Å². The summed E-state index contributed by atoms with van der Waals surface area (Å²) in [4.78, 5) is 7.28. The van der Waals surface area contributed by atoms with Gasteiger partial charge in [-0.05, 0) is 37.5 Å². The lowest BCUT2D eigenvalue weighted by molar-refractivity contribution is 0.00752. The Morgan fingerprint density at radius 1 is 1.21 bits per heavy atom. The summed E-state index contributed by atoms with van der Waals surface area (Å²) in [5, 5.41) is 6.89. The molecular weight excluding hydrogens is 467 g/mol. The summed E-state index contributed by atoms with van der Waals surface area (Å²) in [6.07, 6.45) is 0. The molecule has 1 saturated heterocycles. The van der Waals surface area contributed by atoms with Crippen molar-refractivity contribution < 1.29 is 9.47 Å². The Morgan fingerprint density at radius 3 is 2.61 bits per heavy atom. The Bertz CT molecular complexity index is 577. The SMILES string of the molecule is CCNC(=NCc1cccc(OCC)c1)NCC(C(C)C)N1CCOCC1.I. The first-order chi connectivity index (χ1) is 13.1. The highest BCUT2D eigenvalue weighted by Crippen LogP contribution is 2.14. The summed E-state index contributed by atoms with van der Waals surface area (Å²) in [5.41, 5.74) is 1.15. The molecule has 1 aromatic rings. The van der Waals surface area contributed by atoms with E-state index in [0.717, 1.165) is 56.7 Å². The van der Waals surface area contributed by atoms with Crippen molar-refractivity contribution >= 4 is 29.9 Å². The lowest BCUT2D eigenvalue weighted by Crippen LogP contribution is -2.52. The molecule has 0 aromatic heterocycles. The third-order valence-electron chi connectivity index (χ3n) is 4.74. The van der Waals surface area contributed by atoms with Crippen LogP contribution in [0.4, 0.5) is 0 Å². The summed E-state index contributed by atoms with van der Waals surface area (Å²) in [6, 6.07) is 8.61. The highest BCUT2D eigenvalue weighted by Gasteiger charge is 2.23. The number of hydrogen-bond acceptors (Lipinski definition) is 4. The Morgan fingerprint density at radius 2 is 1.96 bits per heavy atom. The minimum Gasteiger partial charge on any atom is -0.494 e. The van der Waals surface area contributed by atoms with Gasteiger partial charge in [0.15, 0.2) is 5.96 Å². The molecule has 1 aliphatic heterocycles. The lowest BCUT2D eigenvalue weighted by atomic mass is 10.0. The normalized spacial score (nSPS) is 16.4. The Labute approximate surface area is 187 Å². The van der Waals surface area contributed by atoms with E-state index in [1.807, 2.05) is 19.1 Å². The summed E-state index contributed by atoms with van der Waals surface area (Å²) in [7, 11) is 0. The zero-order valence-corrected chi connectivity index (χ0v) is 20.1. The molecule has 7 heteroatoms. The van der Waals surface area contributed by atoms with Gasteiger partial charge in [-0.2, -0.15) is 0 Å². The molecule has 2 N–H and O–H groups in total. The first-order valence-electron chi connectivity index (χ1n) is 10.2. The van der Waals surface area contributed by atoms with E-state index in [9.17, 15) is 0 Å². The first-order valence-corrected chi connectivity index (χ1v) is 10.2. The van der Waals surface area contributed by atoms with Crippen molar-refractivity contribution in [2.24, 2.45) is 10.9 Å². The van der Waals surface area contributed by atoms with Crippen LogP contribution in [0.5, 0.6) is 5.75 Å². The van der Waals surface area contributed by atoms with Gasteiger partial charge in [0.2, 0.25) is 0 Å². The van der Waals surface area contributed by atoms with E-state index in [2.05, 4.69) is 48.4 Å². The van der Waals surface area contributed by atoms with Crippen LogP contribution in [0.25, 0.3) is 0 Å². The fraction of sp³-hybridized carbons (Fsp3) is 0.667. The van der Waals surface area contributed by atoms with Gasteiger partial charge in [-0.25, -0.2) is 4.99 Å². The van der Waals surface area contributed by atoms with Crippen LogP contribution >= 0.6 is 24.0 Å². The molecule has 28 heavy (non-hydrogen) atoms. The van der Waals surface area contributed by atoms with Crippen LogP contribution in [0.3, 0.4) is 0 Å². The fourth-order valence-corrected chi connectivity index (χ4v) is 3.31. The van der Waals surface area contributed by atoms with Gasteiger partial charge in [-0.3, -0.25) is 4.90 Å². The number of hydrogen-bond donors (Lipinski definition) is 2. The van der Waals surface area contributed by atoms with E-state index in [1.165, 1.54) is 0 Å². The average Bonchev–Trinajstić information content (AvgIpc) is 2.67. The molecule has 0 saturated carbocycles. The summed E-state index contributed by atoms with van der Waals surface area (Å²) >= 11 is 0. The van der Waals surface area contributed by atoms with Gasteiger partial charge in [0.25, 0.3) is 0 Å². The maximum atomic E-state index is 5.58. The van der Waals surface area contributed by atoms with Gasteiger partial charge in [0, 0.05) is 32.2 Å². The predicted molar refractivity (Wildman–Crippen MR) is 127 cm³/mol. The van der Waals surface area contributed by atoms with Crippen LogP contribution < -0.4 is 15.4 Å². The summed E-state index contributed by atoms with van der Waals surface area (Å²) in [5.74, 6) is 2.33. The maximum absolute atomic E-state index is 5.58. The average molecular weight is 504 g/mol. The molecular formula is C21H37IN4O2. The molecule has 0 bridgehead atoms. The predicted octanol–water partition coefficient (Wildman–Crippen LogP) is 3.12. The minimum atomic E-state index is 0. The second-order valence-corrected chi connectivity index (χ2v) is 7.12. The van der Waals surface area contributed by atoms with E-state index >= 15 is 0 Å². The Hall–Kier alpha value is -1.06. The molecule has 1 aliphatic rings. The molecule has 1 atom stereocenters. The van der Waals surface area contributed by atoms with Gasteiger partial charge < -0.3 is 20.1 Å². The molecule has 1 aromatic carbocycles. The number of nitrogens with zero attached hydrogens (tertiary/aromatic N) is 2.